The molecular formula is C8H10FN3O. The largest absolute Gasteiger partial charge is 0.397 e. The van der Waals surface area contributed by atoms with Crippen LogP contribution in [0.2, 0.25) is 0 Å². The maximum atomic E-state index is 11.7. The first-order valence-corrected chi connectivity index (χ1v) is 3.79. The lowest BCUT2D eigenvalue weighted by Gasteiger charge is -2.04. The van der Waals surface area contributed by atoms with Gasteiger partial charge in [0.2, 0.25) is 0 Å². The smallest absolute Gasteiger partial charge is 0.253 e. The van der Waals surface area contributed by atoms with Gasteiger partial charge in [0.25, 0.3) is 5.91 Å². The standard InChI is InChI=1S/C8H10FN3O/c9-2-4-12-8(13)6-1-3-11-5-7(6)10/h1,3,5H,2,4,10H2,(H,12,13). The van der Waals surface area contributed by atoms with Crippen molar-refractivity contribution < 1.29 is 9.18 Å². The van der Waals surface area contributed by atoms with Crippen LogP contribution in [0.1, 0.15) is 10.4 Å². The third kappa shape index (κ3) is 2.40. The molecule has 1 aromatic heterocycles. The van der Waals surface area contributed by atoms with E-state index in [1.165, 1.54) is 18.5 Å². The number of aromatic nitrogens is 1. The molecule has 3 N–H and O–H groups in total. The molecular weight excluding hydrogens is 173 g/mol. The van der Waals surface area contributed by atoms with E-state index in [4.69, 9.17) is 5.73 Å². The Balaban J connectivity index is 2.71. The number of hydrogen-bond acceptors (Lipinski definition) is 3. The molecule has 0 saturated heterocycles. The van der Waals surface area contributed by atoms with Crippen LogP contribution in [0.5, 0.6) is 0 Å². The number of pyridine rings is 1. The lowest BCUT2D eigenvalue weighted by molar-refractivity contribution is 0.0951. The summed E-state index contributed by atoms with van der Waals surface area (Å²) < 4.78 is 11.7. The van der Waals surface area contributed by atoms with Gasteiger partial charge in [0.05, 0.1) is 17.4 Å². The number of halogens is 1. The number of amides is 1. The van der Waals surface area contributed by atoms with Crippen LogP contribution in [-0.2, 0) is 0 Å². The molecule has 0 spiro atoms. The normalized spacial score (nSPS) is 9.62. The molecule has 0 unspecified atom stereocenters. The van der Waals surface area contributed by atoms with E-state index in [-0.39, 0.29) is 12.5 Å². The van der Waals surface area contributed by atoms with Crippen LogP contribution in [0, 0.1) is 0 Å². The molecule has 1 amide bonds. The Bertz CT molecular complexity index is 303. The maximum absolute atomic E-state index is 11.7. The van der Waals surface area contributed by atoms with E-state index in [1.54, 1.807) is 0 Å². The molecule has 4 nitrogen and oxygen atoms in total. The van der Waals surface area contributed by atoms with E-state index in [2.05, 4.69) is 10.3 Å². The third-order valence-electron chi connectivity index (χ3n) is 1.48. The first kappa shape index (κ1) is 9.44. The number of nitrogens with one attached hydrogen (secondary N) is 1. The summed E-state index contributed by atoms with van der Waals surface area (Å²) in [5.74, 6) is -0.377. The molecule has 0 aromatic carbocycles. The fraction of sp³-hybridized carbons (Fsp3) is 0.250. The predicted octanol–water partition coefficient (Wildman–Crippen LogP) is 0.363. The van der Waals surface area contributed by atoms with Crippen molar-refractivity contribution in [1.29, 1.82) is 0 Å². The Morgan fingerprint density at radius 3 is 3.08 bits per heavy atom. The van der Waals surface area contributed by atoms with Crippen LogP contribution in [0.3, 0.4) is 0 Å². The minimum absolute atomic E-state index is 0.000591. The Kier molecular flexibility index (Phi) is 3.19. The number of hydrogen-bond donors (Lipinski definition) is 2. The van der Waals surface area contributed by atoms with Gasteiger partial charge in [0.15, 0.2) is 0 Å². The molecule has 1 aromatic rings. The summed E-state index contributed by atoms with van der Waals surface area (Å²) in [5.41, 5.74) is 6.09. The number of carbonyl (C=O) groups is 1. The summed E-state index contributed by atoms with van der Waals surface area (Å²) in [7, 11) is 0. The molecule has 0 saturated carbocycles. The van der Waals surface area contributed by atoms with Gasteiger partial charge >= 0.3 is 0 Å². The Hall–Kier alpha value is -1.65. The van der Waals surface area contributed by atoms with Gasteiger partial charge in [-0.25, -0.2) is 4.39 Å². The van der Waals surface area contributed by atoms with Crippen LogP contribution in [0.4, 0.5) is 10.1 Å². The van der Waals surface area contributed by atoms with Gasteiger partial charge in [-0.3, -0.25) is 9.78 Å². The number of carbonyl (C=O) groups excluding carboxylic acids is 1. The summed E-state index contributed by atoms with van der Waals surface area (Å²) in [5, 5.41) is 2.37. The summed E-state index contributed by atoms with van der Waals surface area (Å²) in [4.78, 5) is 15.0. The Morgan fingerprint density at radius 2 is 2.46 bits per heavy atom. The highest BCUT2D eigenvalue weighted by Crippen LogP contribution is 2.07. The monoisotopic (exact) mass is 183 g/mol. The average molecular weight is 183 g/mol. The van der Waals surface area contributed by atoms with Crippen LogP contribution in [-0.4, -0.2) is 24.1 Å². The summed E-state index contributed by atoms with van der Waals surface area (Å²) >= 11 is 0. The predicted molar refractivity (Wildman–Crippen MR) is 47.0 cm³/mol. The van der Waals surface area contributed by atoms with Crippen LogP contribution in [0.15, 0.2) is 18.5 Å². The van der Waals surface area contributed by atoms with Gasteiger partial charge < -0.3 is 11.1 Å². The SMILES string of the molecule is Nc1cnccc1C(=O)NCCF. The van der Waals surface area contributed by atoms with Crippen LogP contribution >= 0.6 is 0 Å². The fourth-order valence-electron chi connectivity index (χ4n) is 0.869. The van der Waals surface area contributed by atoms with Crippen molar-refractivity contribution in [3.8, 4) is 0 Å². The Labute approximate surface area is 75.0 Å². The molecule has 70 valence electrons. The van der Waals surface area contributed by atoms with Crippen molar-refractivity contribution >= 4 is 11.6 Å². The zero-order valence-electron chi connectivity index (χ0n) is 6.96. The molecule has 0 atom stereocenters. The van der Waals surface area contributed by atoms with Crippen LogP contribution in [0.25, 0.3) is 0 Å². The van der Waals surface area contributed by atoms with E-state index in [9.17, 15) is 9.18 Å². The van der Waals surface area contributed by atoms with Gasteiger partial charge in [-0.1, -0.05) is 0 Å². The molecule has 0 bridgehead atoms. The zero-order chi connectivity index (χ0) is 9.68. The van der Waals surface area contributed by atoms with Crippen molar-refractivity contribution in [2.75, 3.05) is 19.0 Å². The van der Waals surface area contributed by atoms with E-state index in [0.29, 0.717) is 11.3 Å². The second-order valence-corrected chi connectivity index (χ2v) is 2.41. The highest BCUT2D eigenvalue weighted by Gasteiger charge is 2.07. The first-order chi connectivity index (χ1) is 6.25. The summed E-state index contributed by atoms with van der Waals surface area (Å²) in [6, 6.07) is 1.49. The molecule has 5 heteroatoms. The number of nitrogen functional groups attached to an aromatic ring is 1. The number of nitrogens with zero attached hydrogens (tertiary/aromatic N) is 1. The van der Waals surface area contributed by atoms with Crippen molar-refractivity contribution in [1.82, 2.24) is 10.3 Å². The van der Waals surface area contributed by atoms with Gasteiger partial charge in [-0.2, -0.15) is 0 Å². The molecule has 0 aliphatic rings. The molecule has 0 aliphatic heterocycles. The number of anilines is 1. The highest BCUT2D eigenvalue weighted by atomic mass is 19.1. The highest BCUT2D eigenvalue weighted by molar-refractivity contribution is 5.98. The van der Waals surface area contributed by atoms with Crippen molar-refractivity contribution in [2.24, 2.45) is 0 Å². The average Bonchev–Trinajstić information content (AvgIpc) is 2.15. The maximum Gasteiger partial charge on any atom is 0.253 e. The molecule has 1 heterocycles. The second-order valence-electron chi connectivity index (χ2n) is 2.41. The summed E-state index contributed by atoms with van der Waals surface area (Å²) in [6.45, 7) is -0.586. The van der Waals surface area contributed by atoms with Crippen LogP contribution < -0.4 is 11.1 Å². The van der Waals surface area contributed by atoms with Gasteiger partial charge in [-0.15, -0.1) is 0 Å². The molecule has 0 radical (unpaired) electrons. The van der Waals surface area contributed by atoms with E-state index in [1.807, 2.05) is 0 Å². The number of rotatable bonds is 3. The number of nitrogens with two attached hydrogens (primary N) is 1. The topological polar surface area (TPSA) is 68.0 Å². The third-order valence-corrected chi connectivity index (χ3v) is 1.48. The summed E-state index contributed by atoms with van der Waals surface area (Å²) in [6.07, 6.45) is 2.84. The van der Waals surface area contributed by atoms with Crippen molar-refractivity contribution in [2.45, 2.75) is 0 Å². The second kappa shape index (κ2) is 4.39. The van der Waals surface area contributed by atoms with E-state index < -0.39 is 6.67 Å². The zero-order valence-corrected chi connectivity index (χ0v) is 6.96. The fourth-order valence-corrected chi connectivity index (χ4v) is 0.869. The van der Waals surface area contributed by atoms with Crippen molar-refractivity contribution in [3.63, 3.8) is 0 Å². The molecule has 13 heavy (non-hydrogen) atoms. The minimum atomic E-state index is -0.587. The minimum Gasteiger partial charge on any atom is -0.397 e. The lowest BCUT2D eigenvalue weighted by Crippen LogP contribution is -2.26. The molecule has 1 rings (SSSR count). The van der Waals surface area contributed by atoms with Gasteiger partial charge in [0, 0.05) is 12.7 Å². The van der Waals surface area contributed by atoms with Gasteiger partial charge in [0.1, 0.15) is 6.67 Å². The quantitative estimate of drug-likeness (QED) is 0.711. The Morgan fingerprint density at radius 1 is 1.69 bits per heavy atom. The lowest BCUT2D eigenvalue weighted by atomic mass is 10.2. The van der Waals surface area contributed by atoms with E-state index in [0.717, 1.165) is 0 Å². The number of alkyl halides is 1. The molecule has 0 aliphatic carbocycles. The van der Waals surface area contributed by atoms with Crippen molar-refractivity contribution in [3.05, 3.63) is 24.0 Å². The van der Waals surface area contributed by atoms with Gasteiger partial charge in [-0.05, 0) is 6.07 Å². The molecule has 0 fully saturated rings. The van der Waals surface area contributed by atoms with E-state index >= 15 is 0 Å². The first-order valence-electron chi connectivity index (χ1n) is 3.79.